The van der Waals surface area contributed by atoms with Crippen LogP contribution in [0.1, 0.15) is 16.1 Å². The van der Waals surface area contributed by atoms with Crippen molar-refractivity contribution in [1.29, 1.82) is 0 Å². The smallest absolute Gasteiger partial charge is 0.339 e. The molecule has 2 rings (SSSR count). The van der Waals surface area contributed by atoms with Gasteiger partial charge in [0.1, 0.15) is 11.7 Å². The molecule has 5 N–H and O–H groups in total. The van der Waals surface area contributed by atoms with E-state index in [2.05, 4.69) is 15.4 Å². The van der Waals surface area contributed by atoms with Gasteiger partial charge in [0.25, 0.3) is 0 Å². The molecule has 21 heavy (non-hydrogen) atoms. The molecule has 0 spiro atoms. The number of carbonyl (C=O) groups is 2. The number of aromatic nitrogens is 3. The topological polar surface area (TPSA) is 143 Å². The van der Waals surface area contributed by atoms with Gasteiger partial charge in [0.15, 0.2) is 5.65 Å². The van der Waals surface area contributed by atoms with Crippen molar-refractivity contribution < 1.29 is 19.8 Å². The Hall–Kier alpha value is -2.68. The fourth-order valence-electron chi connectivity index (χ4n) is 2.06. The number of aliphatic hydroxyl groups excluding tert-OH is 1. The van der Waals surface area contributed by atoms with Gasteiger partial charge in [-0.25, -0.2) is 9.78 Å². The van der Waals surface area contributed by atoms with Gasteiger partial charge >= 0.3 is 5.97 Å². The number of aryl methyl sites for hydroxylation is 2. The van der Waals surface area contributed by atoms with Crippen molar-refractivity contribution in [2.45, 2.75) is 13.0 Å². The minimum absolute atomic E-state index is 0.0738. The van der Waals surface area contributed by atoms with Gasteiger partial charge in [0.2, 0.25) is 5.91 Å². The molecular weight excluding hydrogens is 278 g/mol. The number of hydrogen-bond acceptors (Lipinski definition) is 6. The van der Waals surface area contributed by atoms with E-state index in [0.717, 1.165) is 0 Å². The second-order valence-electron chi connectivity index (χ2n) is 4.56. The van der Waals surface area contributed by atoms with Crippen molar-refractivity contribution in [2.75, 3.05) is 11.9 Å². The van der Waals surface area contributed by atoms with Gasteiger partial charge in [-0.2, -0.15) is 5.10 Å². The number of nitrogens with zero attached hydrogens (tertiary/aromatic N) is 3. The third-order valence-corrected chi connectivity index (χ3v) is 3.06. The van der Waals surface area contributed by atoms with Crippen LogP contribution < -0.4 is 11.1 Å². The fraction of sp³-hybridized carbons (Fsp3) is 0.333. The van der Waals surface area contributed by atoms with E-state index in [-0.39, 0.29) is 17.8 Å². The molecule has 0 aromatic carbocycles. The summed E-state index contributed by atoms with van der Waals surface area (Å²) >= 11 is 0. The van der Waals surface area contributed by atoms with Crippen LogP contribution >= 0.6 is 0 Å². The average Bonchev–Trinajstić information content (AvgIpc) is 2.70. The number of carboxylic acid groups (broad SMARTS) is 1. The lowest BCUT2D eigenvalue weighted by atomic mass is 10.1. The Morgan fingerprint density at radius 3 is 2.76 bits per heavy atom. The van der Waals surface area contributed by atoms with Crippen LogP contribution in [-0.4, -0.2) is 49.5 Å². The van der Waals surface area contributed by atoms with Crippen LogP contribution in [0.3, 0.4) is 0 Å². The highest BCUT2D eigenvalue weighted by molar-refractivity contribution is 6.04. The maximum Gasteiger partial charge on any atom is 0.339 e. The first-order chi connectivity index (χ1) is 9.82. The SMILES string of the molecule is Cc1nn(C)c2ncc(C(=O)O)c(NCC(O)C(N)=O)c12. The lowest BCUT2D eigenvalue weighted by molar-refractivity contribution is -0.125. The van der Waals surface area contributed by atoms with Crippen molar-refractivity contribution >= 4 is 28.6 Å². The highest BCUT2D eigenvalue weighted by Gasteiger charge is 2.20. The number of pyridine rings is 1. The molecule has 0 bridgehead atoms. The van der Waals surface area contributed by atoms with E-state index in [1.807, 2.05) is 0 Å². The van der Waals surface area contributed by atoms with Crippen molar-refractivity contribution in [2.24, 2.45) is 12.8 Å². The molecule has 9 nitrogen and oxygen atoms in total. The summed E-state index contributed by atoms with van der Waals surface area (Å²) in [7, 11) is 1.69. The van der Waals surface area contributed by atoms with E-state index < -0.39 is 18.0 Å². The van der Waals surface area contributed by atoms with Crippen molar-refractivity contribution in [1.82, 2.24) is 14.8 Å². The number of rotatable bonds is 5. The monoisotopic (exact) mass is 293 g/mol. The van der Waals surface area contributed by atoms with E-state index in [1.165, 1.54) is 10.9 Å². The van der Waals surface area contributed by atoms with Gasteiger partial charge < -0.3 is 21.3 Å². The van der Waals surface area contributed by atoms with Gasteiger partial charge in [0.05, 0.1) is 16.8 Å². The van der Waals surface area contributed by atoms with E-state index in [1.54, 1.807) is 14.0 Å². The molecule has 0 aliphatic carbocycles. The van der Waals surface area contributed by atoms with Crippen molar-refractivity contribution in [3.63, 3.8) is 0 Å². The van der Waals surface area contributed by atoms with Crippen LogP contribution in [0.2, 0.25) is 0 Å². The number of anilines is 1. The predicted molar refractivity (Wildman–Crippen MR) is 73.9 cm³/mol. The number of nitrogens with one attached hydrogen (secondary N) is 1. The largest absolute Gasteiger partial charge is 0.478 e. The second kappa shape index (κ2) is 5.37. The molecule has 2 heterocycles. The molecule has 112 valence electrons. The summed E-state index contributed by atoms with van der Waals surface area (Å²) in [5, 5.41) is 26.1. The van der Waals surface area contributed by atoms with Gasteiger partial charge in [-0.05, 0) is 6.92 Å². The maximum absolute atomic E-state index is 11.3. The number of aromatic carboxylic acids is 1. The third-order valence-electron chi connectivity index (χ3n) is 3.06. The Bertz CT molecular complexity index is 724. The highest BCUT2D eigenvalue weighted by Crippen LogP contribution is 2.28. The summed E-state index contributed by atoms with van der Waals surface area (Å²) in [5.74, 6) is -2.07. The van der Waals surface area contributed by atoms with E-state index in [9.17, 15) is 19.8 Å². The van der Waals surface area contributed by atoms with Gasteiger partial charge in [-0.3, -0.25) is 9.48 Å². The van der Waals surface area contributed by atoms with Crippen LogP contribution in [0.15, 0.2) is 6.20 Å². The van der Waals surface area contributed by atoms with Gasteiger partial charge in [0, 0.05) is 19.8 Å². The third kappa shape index (κ3) is 2.63. The number of amides is 1. The summed E-state index contributed by atoms with van der Waals surface area (Å²) in [6.07, 6.45) is -0.225. The number of carboxylic acids is 1. The number of nitrogens with two attached hydrogens (primary N) is 1. The Kier molecular flexibility index (Phi) is 3.76. The molecule has 2 aromatic rings. The first kappa shape index (κ1) is 14.7. The second-order valence-corrected chi connectivity index (χ2v) is 4.56. The fourth-order valence-corrected chi connectivity index (χ4v) is 2.06. The lowest BCUT2D eigenvalue weighted by Crippen LogP contribution is -2.34. The Morgan fingerprint density at radius 1 is 1.52 bits per heavy atom. The molecule has 0 aliphatic heterocycles. The summed E-state index contributed by atoms with van der Waals surface area (Å²) < 4.78 is 1.52. The van der Waals surface area contributed by atoms with Crippen LogP contribution in [0, 0.1) is 6.92 Å². The van der Waals surface area contributed by atoms with E-state index in [4.69, 9.17) is 5.73 Å². The van der Waals surface area contributed by atoms with Crippen molar-refractivity contribution in [3.05, 3.63) is 17.5 Å². The zero-order valence-corrected chi connectivity index (χ0v) is 11.5. The number of primary amides is 1. The minimum Gasteiger partial charge on any atom is -0.478 e. The van der Waals surface area contributed by atoms with Crippen LogP contribution in [0.25, 0.3) is 11.0 Å². The number of aliphatic hydroxyl groups is 1. The summed E-state index contributed by atoms with van der Waals surface area (Å²) in [5.41, 5.74) is 6.22. The normalized spacial score (nSPS) is 12.3. The molecule has 0 saturated heterocycles. The Labute approximate surface area is 119 Å². The number of carbonyl (C=O) groups excluding carboxylic acids is 1. The molecule has 1 unspecified atom stereocenters. The van der Waals surface area contributed by atoms with Crippen LogP contribution in [-0.2, 0) is 11.8 Å². The molecule has 0 saturated carbocycles. The molecule has 0 aliphatic rings. The number of hydrogen-bond donors (Lipinski definition) is 4. The molecule has 0 fully saturated rings. The number of fused-ring (bicyclic) bond motifs is 1. The lowest BCUT2D eigenvalue weighted by Gasteiger charge is -2.13. The standard InChI is InChI=1S/C12H15N5O4/c1-5-8-9(14-4-7(18)10(13)19)6(12(20)21)3-15-11(8)17(2)16-5/h3,7,18H,4H2,1-2H3,(H2,13,19)(H,14,15)(H,20,21). The molecule has 1 amide bonds. The molecule has 1 atom stereocenters. The van der Waals surface area contributed by atoms with Crippen LogP contribution in [0.5, 0.6) is 0 Å². The summed E-state index contributed by atoms with van der Waals surface area (Å²) in [6, 6.07) is 0. The predicted octanol–water partition coefficient (Wildman–Crippen LogP) is -0.767. The summed E-state index contributed by atoms with van der Waals surface area (Å²) in [6.45, 7) is 1.51. The molecular formula is C12H15N5O4. The molecule has 2 aromatic heterocycles. The quantitative estimate of drug-likeness (QED) is 0.566. The first-order valence-electron chi connectivity index (χ1n) is 6.09. The van der Waals surface area contributed by atoms with E-state index >= 15 is 0 Å². The van der Waals surface area contributed by atoms with E-state index in [0.29, 0.717) is 16.7 Å². The van der Waals surface area contributed by atoms with Crippen LogP contribution in [0.4, 0.5) is 5.69 Å². The zero-order chi connectivity index (χ0) is 15.7. The summed E-state index contributed by atoms with van der Waals surface area (Å²) in [4.78, 5) is 26.2. The average molecular weight is 293 g/mol. The zero-order valence-electron chi connectivity index (χ0n) is 11.5. The van der Waals surface area contributed by atoms with Gasteiger partial charge in [-0.1, -0.05) is 0 Å². The highest BCUT2D eigenvalue weighted by atomic mass is 16.4. The Balaban J connectivity index is 2.54. The molecule has 0 radical (unpaired) electrons. The molecule has 9 heteroatoms. The first-order valence-corrected chi connectivity index (χ1v) is 6.09. The minimum atomic E-state index is -1.42. The Morgan fingerprint density at radius 2 is 2.19 bits per heavy atom. The maximum atomic E-state index is 11.3. The van der Waals surface area contributed by atoms with Gasteiger partial charge in [-0.15, -0.1) is 0 Å². The van der Waals surface area contributed by atoms with Crippen molar-refractivity contribution in [3.8, 4) is 0 Å².